The van der Waals surface area contributed by atoms with Gasteiger partial charge < -0.3 is 10.2 Å². The summed E-state index contributed by atoms with van der Waals surface area (Å²) in [5.41, 5.74) is 5.05. The quantitative estimate of drug-likeness (QED) is 0.786. The van der Waals surface area contributed by atoms with Gasteiger partial charge in [0.05, 0.1) is 6.20 Å². The van der Waals surface area contributed by atoms with E-state index in [4.69, 9.17) is 0 Å². The Morgan fingerprint density at radius 3 is 2.84 bits per heavy atom. The lowest BCUT2D eigenvalue weighted by Gasteiger charge is -2.29. The highest BCUT2D eigenvalue weighted by molar-refractivity contribution is 5.63. The molecule has 0 amide bonds. The average molecular weight is 331 g/mol. The van der Waals surface area contributed by atoms with Crippen molar-refractivity contribution in [2.24, 2.45) is 0 Å². The molecule has 0 fully saturated rings. The van der Waals surface area contributed by atoms with Crippen LogP contribution in [-0.4, -0.2) is 21.7 Å². The maximum absolute atomic E-state index is 4.68. The molecule has 0 unspecified atom stereocenters. The fraction of sp³-hybridized carbons (Fsp3) is 0.250. The van der Waals surface area contributed by atoms with Crippen molar-refractivity contribution in [1.29, 1.82) is 0 Å². The second kappa shape index (κ2) is 6.89. The molecule has 126 valence electrons. The average Bonchev–Trinajstić information content (AvgIpc) is 2.67. The first-order valence-electron chi connectivity index (χ1n) is 8.65. The molecule has 0 bridgehead atoms. The Labute approximate surface area is 147 Å². The molecule has 0 saturated heterocycles. The summed E-state index contributed by atoms with van der Waals surface area (Å²) < 4.78 is 0. The molecule has 0 aliphatic carbocycles. The fourth-order valence-electron chi connectivity index (χ4n) is 3.23. The number of rotatable bonds is 4. The van der Waals surface area contributed by atoms with Gasteiger partial charge in [-0.2, -0.15) is 10.1 Å². The maximum atomic E-state index is 4.68. The summed E-state index contributed by atoms with van der Waals surface area (Å²) in [5, 5.41) is 11.8. The smallest absolute Gasteiger partial charge is 0.251 e. The van der Waals surface area contributed by atoms with Gasteiger partial charge in [-0.3, -0.25) is 0 Å². The Morgan fingerprint density at radius 2 is 1.92 bits per heavy atom. The number of anilines is 3. The fourth-order valence-corrected chi connectivity index (χ4v) is 3.23. The zero-order valence-corrected chi connectivity index (χ0v) is 14.3. The van der Waals surface area contributed by atoms with Gasteiger partial charge in [0.1, 0.15) is 0 Å². The molecule has 0 atom stereocenters. The number of nitrogens with one attached hydrogen (secondary N) is 1. The molecule has 1 N–H and O–H groups in total. The Kier molecular flexibility index (Phi) is 4.29. The largest absolute Gasteiger partial charge is 0.365 e. The normalized spacial score (nSPS) is 13.4. The number of para-hydroxylation sites is 1. The minimum absolute atomic E-state index is 0.655. The standard InChI is InChI=1S/C20H21N5/c1-15-7-2-3-9-17(15)13-21-19-14-22-24-20(23-19)25-12-6-10-16-8-4-5-11-18(16)25/h2-5,7-9,11,14H,6,10,12-13H2,1H3,(H,21,23,24). The summed E-state index contributed by atoms with van der Waals surface area (Å²) in [6, 6.07) is 16.8. The summed E-state index contributed by atoms with van der Waals surface area (Å²) in [7, 11) is 0. The molecular weight excluding hydrogens is 310 g/mol. The van der Waals surface area contributed by atoms with E-state index >= 15 is 0 Å². The van der Waals surface area contributed by atoms with Crippen LogP contribution in [0.15, 0.2) is 54.7 Å². The van der Waals surface area contributed by atoms with Gasteiger partial charge >= 0.3 is 0 Å². The maximum Gasteiger partial charge on any atom is 0.251 e. The molecule has 2 aromatic carbocycles. The van der Waals surface area contributed by atoms with E-state index in [1.807, 2.05) is 0 Å². The Bertz CT molecular complexity index is 877. The Hall–Kier alpha value is -2.95. The van der Waals surface area contributed by atoms with Crippen LogP contribution in [0.1, 0.15) is 23.1 Å². The molecule has 5 heteroatoms. The predicted molar refractivity (Wildman–Crippen MR) is 100 cm³/mol. The molecule has 4 rings (SSSR count). The summed E-state index contributed by atoms with van der Waals surface area (Å²) in [5.74, 6) is 1.40. The van der Waals surface area contributed by atoms with E-state index in [2.05, 4.69) is 80.9 Å². The minimum atomic E-state index is 0.655. The molecule has 3 aromatic rings. The molecule has 0 radical (unpaired) electrons. The monoisotopic (exact) mass is 331 g/mol. The summed E-state index contributed by atoms with van der Waals surface area (Å²) in [6.45, 7) is 3.76. The van der Waals surface area contributed by atoms with Crippen LogP contribution >= 0.6 is 0 Å². The van der Waals surface area contributed by atoms with Crippen molar-refractivity contribution in [3.63, 3.8) is 0 Å². The molecule has 25 heavy (non-hydrogen) atoms. The zero-order valence-electron chi connectivity index (χ0n) is 14.3. The van der Waals surface area contributed by atoms with Gasteiger partial charge in [-0.15, -0.1) is 5.10 Å². The van der Waals surface area contributed by atoms with E-state index in [0.29, 0.717) is 5.95 Å². The predicted octanol–water partition coefficient (Wildman–Crippen LogP) is 3.88. The van der Waals surface area contributed by atoms with Crippen molar-refractivity contribution in [1.82, 2.24) is 15.2 Å². The van der Waals surface area contributed by atoms with Crippen LogP contribution < -0.4 is 10.2 Å². The lowest BCUT2D eigenvalue weighted by Crippen LogP contribution is -2.26. The summed E-state index contributed by atoms with van der Waals surface area (Å²) >= 11 is 0. The highest BCUT2D eigenvalue weighted by Crippen LogP contribution is 2.31. The van der Waals surface area contributed by atoms with Crippen LogP contribution in [0.4, 0.5) is 17.5 Å². The molecular formula is C20H21N5. The van der Waals surface area contributed by atoms with Gasteiger partial charge in [0.2, 0.25) is 0 Å². The number of benzene rings is 2. The first kappa shape index (κ1) is 15.6. The van der Waals surface area contributed by atoms with Crippen LogP contribution in [0.3, 0.4) is 0 Å². The lowest BCUT2D eigenvalue weighted by molar-refractivity contribution is 0.741. The number of aryl methyl sites for hydroxylation is 2. The number of nitrogens with zero attached hydrogens (tertiary/aromatic N) is 4. The number of hydrogen-bond acceptors (Lipinski definition) is 5. The second-order valence-corrected chi connectivity index (χ2v) is 6.31. The highest BCUT2D eigenvalue weighted by atomic mass is 15.3. The van der Waals surface area contributed by atoms with Crippen molar-refractivity contribution < 1.29 is 0 Å². The number of aromatic nitrogens is 3. The van der Waals surface area contributed by atoms with E-state index in [1.54, 1.807) is 6.20 Å². The summed E-state index contributed by atoms with van der Waals surface area (Å²) in [6.07, 6.45) is 3.88. The first-order chi connectivity index (χ1) is 12.3. The minimum Gasteiger partial charge on any atom is -0.365 e. The third kappa shape index (κ3) is 3.31. The molecule has 1 aromatic heterocycles. The van der Waals surface area contributed by atoms with Crippen molar-refractivity contribution in [2.45, 2.75) is 26.3 Å². The van der Waals surface area contributed by atoms with Gasteiger partial charge in [-0.05, 0) is 42.5 Å². The van der Waals surface area contributed by atoms with Crippen molar-refractivity contribution >= 4 is 17.5 Å². The molecule has 1 aliphatic rings. The third-order valence-corrected chi connectivity index (χ3v) is 4.62. The second-order valence-electron chi connectivity index (χ2n) is 6.31. The van der Waals surface area contributed by atoms with Gasteiger partial charge in [0, 0.05) is 18.8 Å². The molecule has 0 saturated carbocycles. The molecule has 5 nitrogen and oxygen atoms in total. The van der Waals surface area contributed by atoms with Crippen LogP contribution in [0.2, 0.25) is 0 Å². The molecule has 1 aliphatic heterocycles. The van der Waals surface area contributed by atoms with Gasteiger partial charge in [0.25, 0.3) is 5.95 Å². The Morgan fingerprint density at radius 1 is 1.08 bits per heavy atom. The van der Waals surface area contributed by atoms with E-state index < -0.39 is 0 Å². The lowest BCUT2D eigenvalue weighted by atomic mass is 10.0. The molecule has 0 spiro atoms. The van der Waals surface area contributed by atoms with Crippen LogP contribution in [0, 0.1) is 6.92 Å². The third-order valence-electron chi connectivity index (χ3n) is 4.62. The highest BCUT2D eigenvalue weighted by Gasteiger charge is 2.20. The van der Waals surface area contributed by atoms with Gasteiger partial charge in [-0.25, -0.2) is 0 Å². The Balaban J connectivity index is 1.55. The van der Waals surface area contributed by atoms with Crippen LogP contribution in [0.5, 0.6) is 0 Å². The van der Waals surface area contributed by atoms with E-state index in [-0.39, 0.29) is 0 Å². The van der Waals surface area contributed by atoms with E-state index in [1.165, 1.54) is 22.4 Å². The van der Waals surface area contributed by atoms with Crippen molar-refractivity contribution in [2.75, 3.05) is 16.8 Å². The van der Waals surface area contributed by atoms with Crippen molar-refractivity contribution in [3.8, 4) is 0 Å². The van der Waals surface area contributed by atoms with Gasteiger partial charge in [0.15, 0.2) is 5.82 Å². The number of hydrogen-bond donors (Lipinski definition) is 1. The molecule has 2 heterocycles. The SMILES string of the molecule is Cc1ccccc1CNc1cnnc(N2CCCc3ccccc32)n1. The number of fused-ring (bicyclic) bond motifs is 1. The van der Waals surface area contributed by atoms with Crippen LogP contribution in [-0.2, 0) is 13.0 Å². The zero-order chi connectivity index (χ0) is 17.1. The van der Waals surface area contributed by atoms with E-state index in [9.17, 15) is 0 Å². The van der Waals surface area contributed by atoms with Crippen LogP contribution in [0.25, 0.3) is 0 Å². The van der Waals surface area contributed by atoms with E-state index in [0.717, 1.165) is 31.7 Å². The first-order valence-corrected chi connectivity index (χ1v) is 8.65. The topological polar surface area (TPSA) is 53.9 Å². The van der Waals surface area contributed by atoms with Gasteiger partial charge in [-0.1, -0.05) is 42.5 Å². The summed E-state index contributed by atoms with van der Waals surface area (Å²) in [4.78, 5) is 6.84. The van der Waals surface area contributed by atoms with Crippen molar-refractivity contribution in [3.05, 3.63) is 71.4 Å².